The van der Waals surface area contributed by atoms with E-state index in [9.17, 15) is 0 Å². The Morgan fingerprint density at radius 3 is 1.94 bits per heavy atom. The Labute approximate surface area is 285 Å². The molecule has 0 aliphatic heterocycles. The van der Waals surface area contributed by atoms with Crippen LogP contribution in [0.15, 0.2) is 146 Å². The molecule has 0 aliphatic carbocycles. The number of nitrogens with one attached hydrogen (secondary N) is 1. The van der Waals surface area contributed by atoms with Crippen molar-refractivity contribution in [2.45, 2.75) is 0 Å². The maximum absolute atomic E-state index is 6.65. The van der Waals surface area contributed by atoms with E-state index in [-0.39, 0.29) is 0 Å². The molecule has 3 heterocycles. The average molecular weight is 645 g/mol. The van der Waals surface area contributed by atoms with Gasteiger partial charge < -0.3 is 9.55 Å². The second kappa shape index (κ2) is 9.89. The van der Waals surface area contributed by atoms with Crippen LogP contribution in [0, 0.1) is 0 Å². The quantitative estimate of drug-likeness (QED) is 0.208. The molecule has 0 saturated carbocycles. The highest BCUT2D eigenvalue weighted by atomic mass is 35.5. The molecule has 0 unspecified atom stereocenters. The number of rotatable bonds is 3. The number of aromatic nitrogens is 4. The molecule has 5 heteroatoms. The number of hydrogen-bond acceptors (Lipinski definition) is 2. The van der Waals surface area contributed by atoms with Crippen molar-refractivity contribution in [2.75, 3.05) is 0 Å². The molecular weight excluding hydrogens is 620 g/mol. The second-order valence-electron chi connectivity index (χ2n) is 12.8. The first-order valence-corrected chi connectivity index (χ1v) is 16.8. The van der Waals surface area contributed by atoms with Crippen molar-refractivity contribution in [1.82, 2.24) is 19.5 Å². The van der Waals surface area contributed by atoms with Crippen LogP contribution in [-0.4, -0.2) is 19.5 Å². The van der Waals surface area contributed by atoms with Crippen molar-refractivity contribution in [2.24, 2.45) is 0 Å². The SMILES string of the molecule is Clc1nc2cc(-c3ccc(-n4c5cccc6c7ccccc7c7cccc8[nH]c9ccc4c(c9c87)c65)cc3)ccc2nc1-c1ccccc1. The molecule has 11 aromatic rings. The monoisotopic (exact) mass is 644 g/mol. The average Bonchev–Trinajstić information content (AvgIpc) is 3.70. The third-order valence-corrected chi connectivity index (χ3v) is 10.4. The first-order valence-electron chi connectivity index (χ1n) is 16.5. The minimum Gasteiger partial charge on any atom is -0.354 e. The van der Waals surface area contributed by atoms with Gasteiger partial charge in [0.2, 0.25) is 0 Å². The lowest BCUT2D eigenvalue weighted by Gasteiger charge is -2.10. The standard InChI is InChI=1S/C44H25ClN4/c45-44-43(26-8-2-1-3-9-26)47-33-21-18-27(24-36(33)48-44)25-16-19-28(20-17-25)49-37-15-7-13-32-30-11-5-4-10-29(30)31-12-6-14-34-39(31)41-35(46-34)22-23-38(49)42(41)40(32)37/h1-24,46H. The van der Waals surface area contributed by atoms with Crippen LogP contribution >= 0.6 is 11.6 Å². The summed E-state index contributed by atoms with van der Waals surface area (Å²) in [6.07, 6.45) is 0. The molecule has 0 bridgehead atoms. The molecule has 0 atom stereocenters. The van der Waals surface area contributed by atoms with Crippen LogP contribution in [0.5, 0.6) is 0 Å². The van der Waals surface area contributed by atoms with Crippen LogP contribution in [0.4, 0.5) is 0 Å². The fourth-order valence-electron chi connectivity index (χ4n) is 8.06. The van der Waals surface area contributed by atoms with Crippen molar-refractivity contribution in [1.29, 1.82) is 0 Å². The van der Waals surface area contributed by atoms with E-state index in [1.165, 1.54) is 54.1 Å². The van der Waals surface area contributed by atoms with Crippen LogP contribution in [0.3, 0.4) is 0 Å². The van der Waals surface area contributed by atoms with E-state index >= 15 is 0 Å². The largest absolute Gasteiger partial charge is 0.354 e. The fourth-order valence-corrected chi connectivity index (χ4v) is 8.30. The summed E-state index contributed by atoms with van der Waals surface area (Å²) in [4.78, 5) is 13.3. The zero-order valence-corrected chi connectivity index (χ0v) is 26.8. The van der Waals surface area contributed by atoms with E-state index in [4.69, 9.17) is 21.6 Å². The minimum atomic E-state index is 0.403. The number of fused-ring (bicyclic) bond motifs is 4. The van der Waals surface area contributed by atoms with Crippen molar-refractivity contribution in [3.63, 3.8) is 0 Å². The maximum Gasteiger partial charge on any atom is 0.156 e. The lowest BCUT2D eigenvalue weighted by atomic mass is 9.95. The van der Waals surface area contributed by atoms with E-state index in [1.54, 1.807) is 0 Å². The van der Waals surface area contributed by atoms with E-state index < -0.39 is 0 Å². The lowest BCUT2D eigenvalue weighted by molar-refractivity contribution is 1.18. The molecule has 0 aliphatic rings. The van der Waals surface area contributed by atoms with E-state index in [0.29, 0.717) is 10.8 Å². The molecule has 4 nitrogen and oxygen atoms in total. The number of hydrogen-bond donors (Lipinski definition) is 1. The smallest absolute Gasteiger partial charge is 0.156 e. The van der Waals surface area contributed by atoms with Gasteiger partial charge in [-0.25, -0.2) is 9.97 Å². The molecular formula is C44H25ClN4. The summed E-state index contributed by atoms with van der Waals surface area (Å²) in [5.41, 5.74) is 11.2. The zero-order valence-electron chi connectivity index (χ0n) is 26.1. The van der Waals surface area contributed by atoms with E-state index in [0.717, 1.165) is 44.4 Å². The Morgan fingerprint density at radius 1 is 0.449 bits per heavy atom. The van der Waals surface area contributed by atoms with Crippen molar-refractivity contribution < 1.29 is 0 Å². The van der Waals surface area contributed by atoms with Crippen molar-refractivity contribution in [3.05, 3.63) is 151 Å². The molecule has 0 saturated heterocycles. The van der Waals surface area contributed by atoms with E-state index in [2.05, 4.69) is 119 Å². The predicted molar refractivity (Wildman–Crippen MR) is 205 cm³/mol. The highest BCUT2D eigenvalue weighted by Gasteiger charge is 2.21. The summed E-state index contributed by atoms with van der Waals surface area (Å²) in [7, 11) is 0. The summed E-state index contributed by atoms with van der Waals surface area (Å²) in [5, 5.41) is 10.6. The van der Waals surface area contributed by atoms with Crippen molar-refractivity contribution >= 4 is 87.8 Å². The summed E-state index contributed by atoms with van der Waals surface area (Å²) in [5.74, 6) is 0. The number of H-pyrrole nitrogens is 1. The zero-order chi connectivity index (χ0) is 32.2. The van der Waals surface area contributed by atoms with Crippen LogP contribution in [0.25, 0.3) is 104 Å². The Morgan fingerprint density at radius 2 is 1.12 bits per heavy atom. The number of nitrogens with zero attached hydrogens (tertiary/aromatic N) is 3. The van der Waals surface area contributed by atoms with Crippen molar-refractivity contribution in [3.8, 4) is 28.1 Å². The molecule has 8 aromatic carbocycles. The van der Waals surface area contributed by atoms with Gasteiger partial charge in [0.1, 0.15) is 5.69 Å². The van der Waals surface area contributed by atoms with E-state index in [1.807, 2.05) is 36.4 Å². The van der Waals surface area contributed by atoms with Gasteiger partial charge in [-0.2, -0.15) is 0 Å². The third-order valence-electron chi connectivity index (χ3n) is 10.2. The first kappa shape index (κ1) is 26.8. The Bertz CT molecular complexity index is 3100. The topological polar surface area (TPSA) is 46.5 Å². The number of halogens is 1. The van der Waals surface area contributed by atoms with Crippen LogP contribution in [0.2, 0.25) is 5.15 Å². The van der Waals surface area contributed by atoms with Gasteiger partial charge in [-0.15, -0.1) is 0 Å². The predicted octanol–water partition coefficient (Wildman–Crippen LogP) is 12.1. The van der Waals surface area contributed by atoms with Crippen LogP contribution < -0.4 is 0 Å². The Hall–Kier alpha value is -6.23. The first-order chi connectivity index (χ1) is 24.2. The molecule has 228 valence electrons. The van der Waals surface area contributed by atoms with Gasteiger partial charge in [-0.1, -0.05) is 109 Å². The van der Waals surface area contributed by atoms with Crippen LogP contribution in [0.1, 0.15) is 0 Å². The second-order valence-corrected chi connectivity index (χ2v) is 13.2. The molecule has 11 rings (SSSR count). The molecule has 0 spiro atoms. The molecule has 0 amide bonds. The summed E-state index contributed by atoms with van der Waals surface area (Å²) < 4.78 is 2.42. The minimum absolute atomic E-state index is 0.403. The molecule has 0 fully saturated rings. The summed E-state index contributed by atoms with van der Waals surface area (Å²) in [6, 6.07) is 51.7. The third kappa shape index (κ3) is 3.75. The number of aromatic amines is 1. The summed E-state index contributed by atoms with van der Waals surface area (Å²) in [6.45, 7) is 0. The molecule has 49 heavy (non-hydrogen) atoms. The van der Waals surface area contributed by atoms with Gasteiger partial charge in [0.15, 0.2) is 5.15 Å². The van der Waals surface area contributed by atoms with Gasteiger partial charge in [0, 0.05) is 43.8 Å². The highest BCUT2D eigenvalue weighted by molar-refractivity contribution is 6.38. The number of benzene rings is 7. The van der Waals surface area contributed by atoms with Gasteiger partial charge in [0.05, 0.1) is 22.1 Å². The molecule has 3 aromatic heterocycles. The van der Waals surface area contributed by atoms with Gasteiger partial charge in [-0.3, -0.25) is 0 Å². The van der Waals surface area contributed by atoms with Crippen LogP contribution in [-0.2, 0) is 0 Å². The molecule has 0 radical (unpaired) electrons. The van der Waals surface area contributed by atoms with Gasteiger partial charge >= 0.3 is 0 Å². The maximum atomic E-state index is 6.65. The Kier molecular flexibility index (Phi) is 5.41. The molecule has 1 N–H and O–H groups in total. The fraction of sp³-hybridized carbons (Fsp3) is 0. The summed E-state index contributed by atoms with van der Waals surface area (Å²) >= 11 is 6.65. The normalized spacial score (nSPS) is 12.2. The lowest BCUT2D eigenvalue weighted by Crippen LogP contribution is -1.94. The van der Waals surface area contributed by atoms with Gasteiger partial charge in [-0.05, 0) is 81.2 Å². The Balaban J connectivity index is 1.12. The van der Waals surface area contributed by atoms with Gasteiger partial charge in [0.25, 0.3) is 0 Å². The highest BCUT2D eigenvalue weighted by Crippen LogP contribution is 2.46.